The van der Waals surface area contributed by atoms with Crippen molar-refractivity contribution in [1.82, 2.24) is 0 Å². The molecule has 0 spiro atoms. The van der Waals surface area contributed by atoms with E-state index < -0.39 is 6.29 Å². The largest absolute Gasteiger partial charge is 0.508 e. The predicted octanol–water partition coefficient (Wildman–Crippen LogP) is 2.15. The summed E-state index contributed by atoms with van der Waals surface area (Å²) in [6, 6.07) is 5.00. The molecule has 1 aromatic carbocycles. The Morgan fingerprint density at radius 2 is 2.27 bits per heavy atom. The van der Waals surface area contributed by atoms with Crippen LogP contribution in [0.25, 0.3) is 0 Å². The van der Waals surface area contributed by atoms with Crippen molar-refractivity contribution in [2.45, 2.75) is 19.6 Å². The molecule has 0 amide bonds. The number of hydrogen-bond donors (Lipinski definition) is 2. The Morgan fingerprint density at radius 3 is 2.87 bits per heavy atom. The zero-order valence-electron chi connectivity index (χ0n) is 8.81. The number of benzene rings is 1. The molecule has 0 aliphatic rings. The van der Waals surface area contributed by atoms with E-state index in [9.17, 15) is 10.2 Å². The molecule has 0 fully saturated rings. The highest BCUT2D eigenvalue weighted by molar-refractivity contribution is 5.41. The van der Waals surface area contributed by atoms with Crippen LogP contribution in [0.5, 0.6) is 5.75 Å². The SMILES string of the molecule is C=CCc1c(O)cccc1C(O)OCC. The molecule has 3 nitrogen and oxygen atoms in total. The molecule has 2 N–H and O–H groups in total. The number of allylic oxidation sites excluding steroid dienone is 1. The van der Waals surface area contributed by atoms with E-state index in [1.54, 1.807) is 31.2 Å². The fraction of sp³-hybridized carbons (Fsp3) is 0.333. The molecule has 0 bridgehead atoms. The topological polar surface area (TPSA) is 49.7 Å². The molecule has 0 aromatic heterocycles. The van der Waals surface area contributed by atoms with Crippen LogP contribution in [0.15, 0.2) is 30.9 Å². The van der Waals surface area contributed by atoms with Crippen LogP contribution in [0.4, 0.5) is 0 Å². The summed E-state index contributed by atoms with van der Waals surface area (Å²) in [7, 11) is 0. The van der Waals surface area contributed by atoms with E-state index in [1.165, 1.54) is 0 Å². The Hall–Kier alpha value is -1.32. The minimum absolute atomic E-state index is 0.158. The molecular weight excluding hydrogens is 192 g/mol. The highest BCUT2D eigenvalue weighted by atomic mass is 16.6. The van der Waals surface area contributed by atoms with Gasteiger partial charge in [0.15, 0.2) is 6.29 Å². The van der Waals surface area contributed by atoms with E-state index >= 15 is 0 Å². The van der Waals surface area contributed by atoms with E-state index in [4.69, 9.17) is 4.74 Å². The third-order valence-electron chi connectivity index (χ3n) is 2.13. The number of phenolic OH excluding ortho intramolecular Hbond substituents is 1. The van der Waals surface area contributed by atoms with Crippen molar-refractivity contribution in [2.75, 3.05) is 6.61 Å². The summed E-state index contributed by atoms with van der Waals surface area (Å²) in [6.07, 6.45) is 1.20. The Kier molecular flexibility index (Phi) is 4.34. The molecule has 1 aromatic rings. The van der Waals surface area contributed by atoms with Gasteiger partial charge in [-0.1, -0.05) is 18.2 Å². The molecule has 0 saturated carbocycles. The van der Waals surface area contributed by atoms with Gasteiger partial charge < -0.3 is 14.9 Å². The van der Waals surface area contributed by atoms with Crippen molar-refractivity contribution in [3.8, 4) is 5.75 Å². The van der Waals surface area contributed by atoms with E-state index in [0.29, 0.717) is 24.2 Å². The number of aliphatic hydroxyl groups excluding tert-OH is 1. The lowest BCUT2D eigenvalue weighted by atomic mass is 10.0. The molecule has 0 heterocycles. The quantitative estimate of drug-likeness (QED) is 0.575. The van der Waals surface area contributed by atoms with Gasteiger partial charge in [0.2, 0.25) is 0 Å². The number of aromatic hydroxyl groups is 1. The van der Waals surface area contributed by atoms with Gasteiger partial charge in [0, 0.05) is 17.7 Å². The second kappa shape index (κ2) is 5.53. The molecule has 1 unspecified atom stereocenters. The number of phenols is 1. The highest BCUT2D eigenvalue weighted by Crippen LogP contribution is 2.27. The first-order valence-corrected chi connectivity index (χ1v) is 4.92. The van der Waals surface area contributed by atoms with Crippen molar-refractivity contribution >= 4 is 0 Å². The minimum Gasteiger partial charge on any atom is -0.508 e. The molecule has 0 saturated heterocycles. The van der Waals surface area contributed by atoms with Crippen LogP contribution in [-0.4, -0.2) is 16.8 Å². The number of hydrogen-bond acceptors (Lipinski definition) is 3. The standard InChI is InChI=1S/C12H16O3/c1-3-6-9-10(12(14)15-4-2)7-5-8-11(9)13/h3,5,7-8,12-14H,1,4,6H2,2H3. The lowest BCUT2D eigenvalue weighted by molar-refractivity contribution is -0.0985. The summed E-state index contributed by atoms with van der Waals surface area (Å²) in [5.74, 6) is 0.158. The summed E-state index contributed by atoms with van der Waals surface area (Å²) in [5.41, 5.74) is 1.25. The van der Waals surface area contributed by atoms with Crippen molar-refractivity contribution in [3.05, 3.63) is 42.0 Å². The van der Waals surface area contributed by atoms with Gasteiger partial charge in [-0.25, -0.2) is 0 Å². The van der Waals surface area contributed by atoms with Crippen LogP contribution in [0, 0.1) is 0 Å². The molecule has 1 rings (SSSR count). The number of ether oxygens (including phenoxy) is 1. The number of aliphatic hydroxyl groups is 1. The van der Waals surface area contributed by atoms with Crippen LogP contribution in [-0.2, 0) is 11.2 Å². The highest BCUT2D eigenvalue weighted by Gasteiger charge is 2.13. The average molecular weight is 208 g/mol. The van der Waals surface area contributed by atoms with Gasteiger partial charge in [0.05, 0.1) is 0 Å². The van der Waals surface area contributed by atoms with Crippen LogP contribution < -0.4 is 0 Å². The van der Waals surface area contributed by atoms with Crippen molar-refractivity contribution in [1.29, 1.82) is 0 Å². The van der Waals surface area contributed by atoms with Crippen molar-refractivity contribution < 1.29 is 14.9 Å². The van der Waals surface area contributed by atoms with Crippen molar-refractivity contribution in [3.63, 3.8) is 0 Å². The first-order chi connectivity index (χ1) is 7.20. The van der Waals surface area contributed by atoms with Gasteiger partial charge in [-0.3, -0.25) is 0 Å². The average Bonchev–Trinajstić information content (AvgIpc) is 2.21. The van der Waals surface area contributed by atoms with Gasteiger partial charge in [0.1, 0.15) is 5.75 Å². The summed E-state index contributed by atoms with van der Waals surface area (Å²) < 4.78 is 5.08. The minimum atomic E-state index is -0.989. The molecule has 15 heavy (non-hydrogen) atoms. The summed E-state index contributed by atoms with van der Waals surface area (Å²) >= 11 is 0. The van der Waals surface area contributed by atoms with E-state index in [0.717, 1.165) is 0 Å². The van der Waals surface area contributed by atoms with E-state index in [2.05, 4.69) is 6.58 Å². The zero-order valence-corrected chi connectivity index (χ0v) is 8.81. The van der Waals surface area contributed by atoms with Gasteiger partial charge in [0.25, 0.3) is 0 Å². The second-order valence-corrected chi connectivity index (χ2v) is 3.15. The smallest absolute Gasteiger partial charge is 0.181 e. The lowest BCUT2D eigenvalue weighted by Crippen LogP contribution is -2.06. The third-order valence-corrected chi connectivity index (χ3v) is 2.13. The van der Waals surface area contributed by atoms with Gasteiger partial charge in [-0.15, -0.1) is 6.58 Å². The van der Waals surface area contributed by atoms with Crippen LogP contribution >= 0.6 is 0 Å². The fourth-order valence-corrected chi connectivity index (χ4v) is 1.44. The van der Waals surface area contributed by atoms with Crippen LogP contribution in [0.2, 0.25) is 0 Å². The van der Waals surface area contributed by atoms with Crippen LogP contribution in [0.1, 0.15) is 24.3 Å². The second-order valence-electron chi connectivity index (χ2n) is 3.15. The summed E-state index contributed by atoms with van der Waals surface area (Å²) in [6.45, 7) is 5.84. The maximum atomic E-state index is 9.68. The summed E-state index contributed by atoms with van der Waals surface area (Å²) in [5, 5.41) is 19.3. The Balaban J connectivity index is 3.04. The molecule has 3 heteroatoms. The Bertz CT molecular complexity index is 334. The summed E-state index contributed by atoms with van der Waals surface area (Å²) in [4.78, 5) is 0. The third kappa shape index (κ3) is 2.81. The molecule has 0 aliphatic carbocycles. The van der Waals surface area contributed by atoms with Gasteiger partial charge in [-0.05, 0) is 19.4 Å². The molecule has 82 valence electrons. The monoisotopic (exact) mass is 208 g/mol. The maximum absolute atomic E-state index is 9.68. The van der Waals surface area contributed by atoms with Crippen LogP contribution in [0.3, 0.4) is 0 Å². The van der Waals surface area contributed by atoms with E-state index in [1.807, 2.05) is 0 Å². The van der Waals surface area contributed by atoms with Crippen molar-refractivity contribution in [2.24, 2.45) is 0 Å². The molecular formula is C12H16O3. The van der Waals surface area contributed by atoms with Gasteiger partial charge >= 0.3 is 0 Å². The Morgan fingerprint density at radius 1 is 1.53 bits per heavy atom. The molecule has 0 radical (unpaired) electrons. The van der Waals surface area contributed by atoms with E-state index in [-0.39, 0.29) is 5.75 Å². The predicted molar refractivity (Wildman–Crippen MR) is 58.6 cm³/mol. The first-order valence-electron chi connectivity index (χ1n) is 4.92. The zero-order chi connectivity index (χ0) is 11.3. The van der Waals surface area contributed by atoms with Gasteiger partial charge in [-0.2, -0.15) is 0 Å². The lowest BCUT2D eigenvalue weighted by Gasteiger charge is -2.15. The molecule has 0 aliphatic heterocycles. The maximum Gasteiger partial charge on any atom is 0.181 e. The fourth-order valence-electron chi connectivity index (χ4n) is 1.44. The number of rotatable bonds is 5. The first kappa shape index (κ1) is 11.8. The normalized spacial score (nSPS) is 12.4. The Labute approximate surface area is 89.6 Å². The molecule has 1 atom stereocenters.